The van der Waals surface area contributed by atoms with Crippen LogP contribution in [0.3, 0.4) is 0 Å². The van der Waals surface area contributed by atoms with Crippen molar-refractivity contribution in [1.82, 2.24) is 0 Å². The maximum Gasteiger partial charge on any atom is 0.0194 e. The molecule has 0 fully saturated rings. The quantitative estimate of drug-likeness (QED) is 0.443. The number of hydrogen-bond donors (Lipinski definition) is 0. The molecule has 0 aliphatic carbocycles. The maximum absolute atomic E-state index is 5.75. The first-order valence-corrected chi connectivity index (χ1v) is 5.15. The van der Waals surface area contributed by atoms with E-state index in [2.05, 4.69) is 34.6 Å². The molecule has 0 saturated heterocycles. The van der Waals surface area contributed by atoms with Crippen molar-refractivity contribution in [2.45, 2.75) is 76.1 Å². The molecule has 0 aromatic heterocycles. The van der Waals surface area contributed by atoms with Gasteiger partial charge in [-0.05, 0) is 5.92 Å². The zero-order valence-corrected chi connectivity index (χ0v) is 11.3. The molecule has 0 heteroatoms. The average molecular weight is 179 g/mol. The topological polar surface area (TPSA) is 0 Å². The third-order valence-corrected chi connectivity index (χ3v) is 0. The van der Waals surface area contributed by atoms with Crippen molar-refractivity contribution < 1.29 is 1.37 Å². The molecule has 0 aromatic rings. The van der Waals surface area contributed by atoms with Crippen LogP contribution >= 0.6 is 0 Å². The maximum atomic E-state index is 5.75. The Morgan fingerprint density at radius 3 is 0.917 bits per heavy atom. The van der Waals surface area contributed by atoms with Crippen molar-refractivity contribution in [1.29, 1.82) is 0 Å². The normalized spacial score (nSPS) is 6.08. The molecule has 0 rings (SSSR count). The van der Waals surface area contributed by atoms with Crippen LogP contribution in [0.1, 0.15) is 77.5 Å². The Hall–Kier alpha value is 0. The first kappa shape index (κ1) is 22.7. The summed E-state index contributed by atoms with van der Waals surface area (Å²) in [6.07, 6.45) is 1.25. The Morgan fingerprint density at radius 1 is 0.917 bits per heavy atom. The monoisotopic (exact) mass is 179 g/mol. The largest absolute Gasteiger partial charge is 0.0776 e. The van der Waals surface area contributed by atoms with Gasteiger partial charge in [0.1, 0.15) is 0 Å². The molecular weight excluding hydrogens is 144 g/mol. The minimum atomic E-state index is 0.833. The lowest BCUT2D eigenvalue weighted by atomic mass is 10.3. The van der Waals surface area contributed by atoms with Gasteiger partial charge < -0.3 is 0 Å². The van der Waals surface area contributed by atoms with Gasteiger partial charge in [0, 0.05) is 1.37 Å². The molecular formula is C12H34. The summed E-state index contributed by atoms with van der Waals surface area (Å²) in [5.74, 6) is 0.833. The molecule has 0 unspecified atom stereocenters. The van der Waals surface area contributed by atoms with E-state index in [-0.39, 0.29) is 0 Å². The van der Waals surface area contributed by atoms with Gasteiger partial charge in [0.25, 0.3) is 0 Å². The van der Waals surface area contributed by atoms with Gasteiger partial charge in [0.15, 0.2) is 0 Å². The minimum Gasteiger partial charge on any atom is -0.0776 e. The second kappa shape index (κ2) is 68.8. The zero-order chi connectivity index (χ0) is 12.3. The summed E-state index contributed by atoms with van der Waals surface area (Å²) in [6.45, 7) is 18.8. The Kier molecular flexibility index (Phi) is 130. The van der Waals surface area contributed by atoms with Crippen molar-refractivity contribution in [3.63, 3.8) is 0 Å². The van der Waals surface area contributed by atoms with Crippen LogP contribution in [-0.4, -0.2) is 0 Å². The second-order valence-corrected chi connectivity index (χ2v) is 2.44. The van der Waals surface area contributed by atoms with Crippen LogP contribution in [0, 0.1) is 5.92 Å². The van der Waals surface area contributed by atoms with Crippen molar-refractivity contribution in [2.75, 3.05) is 0 Å². The molecule has 0 saturated carbocycles. The van der Waals surface area contributed by atoms with Crippen LogP contribution in [-0.2, 0) is 0 Å². The summed E-state index contributed by atoms with van der Waals surface area (Å²) >= 11 is 0. The van der Waals surface area contributed by atoms with Crippen molar-refractivity contribution in [3.05, 3.63) is 0 Å². The molecule has 0 amide bonds. The Bertz CT molecular complexity index is 16.3. The smallest absolute Gasteiger partial charge is 0.0194 e. The SMILES string of the molecule is CC.CC.CC(C)C.CCC.[2H]C. The molecule has 82 valence electrons. The Labute approximate surface area is 84.2 Å². The highest BCUT2D eigenvalue weighted by Gasteiger charge is 1.68. The van der Waals surface area contributed by atoms with Crippen LogP contribution < -0.4 is 0 Å². The fraction of sp³-hybridized carbons (Fsp3) is 1.00. The Balaban J connectivity index is -0.0000000215. The lowest BCUT2D eigenvalue weighted by Gasteiger charge is -1.79. The van der Waals surface area contributed by atoms with Gasteiger partial charge >= 0.3 is 0 Å². The summed E-state index contributed by atoms with van der Waals surface area (Å²) < 4.78 is 5.75. The van der Waals surface area contributed by atoms with E-state index in [0.717, 1.165) is 5.92 Å². The van der Waals surface area contributed by atoms with Crippen molar-refractivity contribution in [2.24, 2.45) is 5.92 Å². The van der Waals surface area contributed by atoms with Crippen LogP contribution in [0.5, 0.6) is 0 Å². The van der Waals surface area contributed by atoms with E-state index in [4.69, 9.17) is 1.37 Å². The highest BCUT2D eigenvalue weighted by molar-refractivity contribution is 4.20. The van der Waals surface area contributed by atoms with E-state index >= 15 is 0 Å². The van der Waals surface area contributed by atoms with E-state index in [9.17, 15) is 0 Å². The first-order valence-electron chi connectivity index (χ1n) is 6.15. The summed E-state index contributed by atoms with van der Waals surface area (Å²) in [6, 6.07) is 0. The third kappa shape index (κ3) is 0. The van der Waals surface area contributed by atoms with Crippen LogP contribution in [0.15, 0.2) is 0 Å². The van der Waals surface area contributed by atoms with Gasteiger partial charge in [-0.1, -0.05) is 76.1 Å². The van der Waals surface area contributed by atoms with E-state index in [1.54, 1.807) is 0 Å². The van der Waals surface area contributed by atoms with Crippen molar-refractivity contribution in [3.8, 4) is 0 Å². The molecule has 12 heavy (non-hydrogen) atoms. The predicted octanol–water partition coefficient (Wildman–Crippen LogP) is 5.77. The molecule has 0 heterocycles. The van der Waals surface area contributed by atoms with E-state index in [1.165, 1.54) is 13.8 Å². The van der Waals surface area contributed by atoms with Crippen LogP contribution in [0.2, 0.25) is 0 Å². The summed E-state index contributed by atoms with van der Waals surface area (Å²) in [5.41, 5.74) is 0. The summed E-state index contributed by atoms with van der Waals surface area (Å²) in [7, 11) is 1.25. The molecule has 0 aromatic carbocycles. The fourth-order valence-corrected chi connectivity index (χ4v) is 0. The van der Waals surface area contributed by atoms with Gasteiger partial charge in [-0.2, -0.15) is 0 Å². The molecule has 0 bridgehead atoms. The van der Waals surface area contributed by atoms with Crippen LogP contribution in [0.4, 0.5) is 0 Å². The van der Waals surface area contributed by atoms with Gasteiger partial charge in [-0.25, -0.2) is 0 Å². The van der Waals surface area contributed by atoms with Crippen LogP contribution in [0.25, 0.3) is 0 Å². The molecule has 0 aliphatic rings. The lowest BCUT2D eigenvalue weighted by Crippen LogP contribution is -1.66. The van der Waals surface area contributed by atoms with Gasteiger partial charge in [-0.15, -0.1) is 0 Å². The fourth-order valence-electron chi connectivity index (χ4n) is 0. The molecule has 0 N–H and O–H groups in total. The zero-order valence-electron chi connectivity index (χ0n) is 12.3. The Morgan fingerprint density at radius 2 is 0.917 bits per heavy atom. The van der Waals surface area contributed by atoms with Gasteiger partial charge in [0.05, 0.1) is 0 Å². The minimum absolute atomic E-state index is 0.833. The second-order valence-electron chi connectivity index (χ2n) is 2.44. The average Bonchev–Trinajstić information content (AvgIpc) is 2.14. The molecule has 0 nitrogen and oxygen atoms in total. The standard InChI is InChI=1S/C4H10.C3H8.2C2H6.CH4/c1-4(2)3;1-3-2;2*1-2;/h4H,1-3H3;3H2,1-2H3;2*1-2H3;1H4/i;;;;1D. The highest BCUT2D eigenvalue weighted by Crippen LogP contribution is 1.81. The van der Waals surface area contributed by atoms with E-state index < -0.39 is 0 Å². The summed E-state index contributed by atoms with van der Waals surface area (Å²) in [4.78, 5) is 0. The molecule has 0 spiro atoms. The molecule has 0 atom stereocenters. The lowest BCUT2D eigenvalue weighted by molar-refractivity contribution is 0.737. The number of hydrogen-bond acceptors (Lipinski definition) is 0. The summed E-state index contributed by atoms with van der Waals surface area (Å²) in [5, 5.41) is 0. The van der Waals surface area contributed by atoms with Gasteiger partial charge in [-0.3, -0.25) is 0 Å². The first-order chi connectivity index (χ1) is 6.15. The number of rotatable bonds is 0. The third-order valence-electron chi connectivity index (χ3n) is 0. The van der Waals surface area contributed by atoms with E-state index in [0.29, 0.717) is 0 Å². The predicted molar refractivity (Wildman–Crippen MR) is 65.9 cm³/mol. The molecule has 0 radical (unpaired) electrons. The van der Waals surface area contributed by atoms with Crippen molar-refractivity contribution >= 4 is 0 Å². The van der Waals surface area contributed by atoms with Gasteiger partial charge in [0.2, 0.25) is 0 Å². The molecule has 0 aliphatic heterocycles. The van der Waals surface area contributed by atoms with E-state index in [1.807, 2.05) is 27.7 Å². The highest BCUT2D eigenvalue weighted by atomic mass is 13.7.